The predicted octanol–water partition coefficient (Wildman–Crippen LogP) is 1.36. The van der Waals surface area contributed by atoms with E-state index in [1.54, 1.807) is 26.8 Å². The number of fused-ring (bicyclic) bond motifs is 2. The van der Waals surface area contributed by atoms with Crippen molar-refractivity contribution in [2.75, 3.05) is 0 Å². The van der Waals surface area contributed by atoms with Gasteiger partial charge in [-0.1, -0.05) is 19.9 Å². The van der Waals surface area contributed by atoms with E-state index >= 15 is 0 Å². The second kappa shape index (κ2) is 6.15. The first kappa shape index (κ1) is 20.0. The lowest BCUT2D eigenvalue weighted by Crippen LogP contribution is -2.70. The maximum Gasteiger partial charge on any atom is 0.336 e. The monoisotopic (exact) mass is 380 g/mol. The van der Waals surface area contributed by atoms with Crippen LogP contribution in [0.2, 0.25) is 0 Å². The number of rotatable bonds is 2. The third-order valence-electron chi connectivity index (χ3n) is 7.13. The topological polar surface area (TPSA) is 113 Å². The molecule has 27 heavy (non-hydrogen) atoms. The van der Waals surface area contributed by atoms with Crippen molar-refractivity contribution >= 4 is 11.9 Å². The van der Waals surface area contributed by atoms with Crippen LogP contribution in [0.5, 0.6) is 0 Å². The fraction of sp³-hybridized carbons (Fsp3) is 0.700. The molecule has 0 bridgehead atoms. The molecular formula is C20H28O7. The third kappa shape index (κ3) is 2.59. The Bertz CT molecular complexity index is 753. The van der Waals surface area contributed by atoms with E-state index in [2.05, 4.69) is 0 Å². The molecule has 6 atom stereocenters. The average Bonchev–Trinajstić information content (AvgIpc) is 2.82. The van der Waals surface area contributed by atoms with E-state index in [1.165, 1.54) is 6.92 Å². The van der Waals surface area contributed by atoms with E-state index in [9.17, 15) is 24.9 Å². The molecule has 6 unspecified atom stereocenters. The molecule has 7 nitrogen and oxygen atoms in total. The highest BCUT2D eigenvalue weighted by Gasteiger charge is 2.70. The lowest BCUT2D eigenvalue weighted by molar-refractivity contribution is -0.283. The van der Waals surface area contributed by atoms with Crippen molar-refractivity contribution in [3.8, 4) is 0 Å². The van der Waals surface area contributed by atoms with Crippen LogP contribution in [0.25, 0.3) is 0 Å². The Morgan fingerprint density at radius 2 is 2.00 bits per heavy atom. The summed E-state index contributed by atoms with van der Waals surface area (Å²) in [6, 6.07) is 0. The summed E-state index contributed by atoms with van der Waals surface area (Å²) in [6.07, 6.45) is 0.211. The summed E-state index contributed by atoms with van der Waals surface area (Å²) in [7, 11) is 0. The van der Waals surface area contributed by atoms with Crippen molar-refractivity contribution in [1.29, 1.82) is 0 Å². The summed E-state index contributed by atoms with van der Waals surface area (Å²) in [5.74, 6) is -3.54. The zero-order valence-corrected chi connectivity index (χ0v) is 16.4. The Kier molecular flexibility index (Phi) is 4.57. The summed E-state index contributed by atoms with van der Waals surface area (Å²) >= 11 is 0. The average molecular weight is 380 g/mol. The molecule has 1 aliphatic heterocycles. The van der Waals surface area contributed by atoms with Gasteiger partial charge in [0.25, 0.3) is 0 Å². The molecular weight excluding hydrogens is 352 g/mol. The second-order valence-corrected chi connectivity index (χ2v) is 8.35. The van der Waals surface area contributed by atoms with Crippen molar-refractivity contribution in [2.24, 2.45) is 11.3 Å². The van der Waals surface area contributed by atoms with E-state index < -0.39 is 46.9 Å². The van der Waals surface area contributed by atoms with Gasteiger partial charge in [-0.2, -0.15) is 0 Å². The Balaban J connectivity index is 2.00. The first-order chi connectivity index (χ1) is 12.4. The quantitative estimate of drug-likeness (QED) is 0.490. The molecule has 2 aliphatic carbocycles. The maximum atomic E-state index is 12.2. The molecule has 2 saturated carbocycles. The Hall–Kier alpha value is -1.70. The second-order valence-electron chi connectivity index (χ2n) is 8.35. The highest BCUT2D eigenvalue weighted by molar-refractivity contribution is 5.92. The van der Waals surface area contributed by atoms with E-state index in [0.29, 0.717) is 12.0 Å². The molecule has 2 fully saturated rings. The highest BCUT2D eigenvalue weighted by atomic mass is 16.7. The van der Waals surface area contributed by atoms with E-state index in [0.717, 1.165) is 0 Å². The zero-order chi connectivity index (χ0) is 20.4. The maximum absolute atomic E-state index is 12.2. The van der Waals surface area contributed by atoms with Gasteiger partial charge < -0.3 is 24.8 Å². The van der Waals surface area contributed by atoms with Crippen LogP contribution in [-0.2, 0) is 19.1 Å². The van der Waals surface area contributed by atoms with Gasteiger partial charge in [0.2, 0.25) is 5.79 Å². The van der Waals surface area contributed by atoms with E-state index in [-0.39, 0.29) is 24.0 Å². The highest BCUT2D eigenvalue weighted by Crippen LogP contribution is 2.61. The van der Waals surface area contributed by atoms with Gasteiger partial charge >= 0.3 is 11.9 Å². The third-order valence-corrected chi connectivity index (χ3v) is 7.13. The number of hydrogen-bond acceptors (Lipinski definition) is 7. The molecule has 3 rings (SSSR count). The molecule has 0 aromatic carbocycles. The summed E-state index contributed by atoms with van der Waals surface area (Å²) in [5, 5.41) is 33.4. The van der Waals surface area contributed by atoms with Crippen LogP contribution < -0.4 is 0 Å². The lowest BCUT2D eigenvalue weighted by atomic mass is 9.49. The molecule has 3 aliphatic rings. The number of aliphatic hydroxyl groups excluding tert-OH is 1. The minimum Gasteiger partial charge on any atom is -0.459 e. The molecule has 0 saturated heterocycles. The van der Waals surface area contributed by atoms with E-state index in [1.807, 2.05) is 6.92 Å². The van der Waals surface area contributed by atoms with Gasteiger partial charge in [-0.05, 0) is 33.6 Å². The van der Waals surface area contributed by atoms with Crippen molar-refractivity contribution in [2.45, 2.75) is 77.5 Å². The summed E-state index contributed by atoms with van der Waals surface area (Å²) in [6.45, 7) is 8.44. The van der Waals surface area contributed by atoms with Crippen molar-refractivity contribution in [3.05, 3.63) is 22.8 Å². The number of aliphatic hydroxyl groups is 3. The minimum atomic E-state index is -2.00. The molecule has 3 N–H and O–H groups in total. The number of esters is 2. The predicted molar refractivity (Wildman–Crippen MR) is 95.1 cm³/mol. The molecule has 7 heteroatoms. The molecule has 0 amide bonds. The molecule has 0 spiro atoms. The standard InChI is InChI=1S/C20H28O7/c1-6-10(2)16(22)26-13-7-8-19(24)9-20(25)14(11(3)17(23)27-20)15(21)18(19,5)12(13)4/h6,12-13,15,21,24-25H,7-9H2,1-5H3. The number of hydrogen-bond donors (Lipinski definition) is 3. The fourth-order valence-electron chi connectivity index (χ4n) is 4.94. The molecule has 0 aromatic rings. The molecule has 0 aromatic heterocycles. The Morgan fingerprint density at radius 3 is 2.59 bits per heavy atom. The van der Waals surface area contributed by atoms with E-state index in [4.69, 9.17) is 9.47 Å². The largest absolute Gasteiger partial charge is 0.459 e. The number of allylic oxidation sites excluding steroid dienone is 1. The number of carbonyl (C=O) groups excluding carboxylic acids is 2. The van der Waals surface area contributed by atoms with Crippen LogP contribution >= 0.6 is 0 Å². The van der Waals surface area contributed by atoms with Gasteiger partial charge in [-0.15, -0.1) is 0 Å². The fourth-order valence-corrected chi connectivity index (χ4v) is 4.94. The Labute approximate surface area is 158 Å². The first-order valence-corrected chi connectivity index (χ1v) is 9.32. The lowest BCUT2D eigenvalue weighted by Gasteiger charge is -2.61. The van der Waals surface area contributed by atoms with Crippen LogP contribution in [0.1, 0.15) is 53.9 Å². The van der Waals surface area contributed by atoms with Gasteiger partial charge in [0.15, 0.2) is 0 Å². The number of carbonyl (C=O) groups is 2. The molecule has 0 radical (unpaired) electrons. The minimum absolute atomic E-state index is 0.100. The molecule has 1 heterocycles. The SMILES string of the molecule is CC=C(C)C(=O)OC1CCC2(O)CC3(O)OC(=O)C(C)=C3C(O)C2(C)C1C. The van der Waals surface area contributed by atoms with Crippen LogP contribution in [0.4, 0.5) is 0 Å². The van der Waals surface area contributed by atoms with Gasteiger partial charge in [0, 0.05) is 34.5 Å². The van der Waals surface area contributed by atoms with Crippen molar-refractivity contribution in [3.63, 3.8) is 0 Å². The van der Waals surface area contributed by atoms with Gasteiger partial charge in [0.1, 0.15) is 6.10 Å². The van der Waals surface area contributed by atoms with Crippen LogP contribution in [0, 0.1) is 11.3 Å². The summed E-state index contributed by atoms with van der Waals surface area (Å²) in [4.78, 5) is 24.2. The normalized spacial score (nSPS) is 44.5. The van der Waals surface area contributed by atoms with Gasteiger partial charge in [-0.25, -0.2) is 9.59 Å². The smallest absolute Gasteiger partial charge is 0.336 e. The first-order valence-electron chi connectivity index (χ1n) is 9.32. The van der Waals surface area contributed by atoms with Gasteiger partial charge in [-0.3, -0.25) is 0 Å². The van der Waals surface area contributed by atoms with Crippen LogP contribution in [-0.4, -0.2) is 50.9 Å². The Morgan fingerprint density at radius 1 is 1.37 bits per heavy atom. The van der Waals surface area contributed by atoms with Crippen molar-refractivity contribution < 1.29 is 34.4 Å². The summed E-state index contributed by atoms with van der Waals surface area (Å²) < 4.78 is 10.7. The van der Waals surface area contributed by atoms with Gasteiger partial charge in [0.05, 0.1) is 11.7 Å². The van der Waals surface area contributed by atoms with Crippen LogP contribution in [0.15, 0.2) is 22.8 Å². The zero-order valence-electron chi connectivity index (χ0n) is 16.4. The summed E-state index contributed by atoms with van der Waals surface area (Å²) in [5.41, 5.74) is -1.86. The number of ether oxygens (including phenoxy) is 2. The van der Waals surface area contributed by atoms with Crippen molar-refractivity contribution in [1.82, 2.24) is 0 Å². The van der Waals surface area contributed by atoms with Crippen LogP contribution in [0.3, 0.4) is 0 Å². The molecule has 150 valence electrons.